The summed E-state index contributed by atoms with van der Waals surface area (Å²) in [7, 11) is 2.09. The van der Waals surface area contributed by atoms with Crippen LogP contribution in [-0.4, -0.2) is 9.55 Å². The molecular weight excluding hydrogens is 222 g/mol. The molecule has 0 unspecified atom stereocenters. The molecular formula is C15H21N3. The lowest BCUT2D eigenvalue weighted by atomic mass is 9.96. The van der Waals surface area contributed by atoms with Gasteiger partial charge in [-0.05, 0) is 30.5 Å². The third-order valence-corrected chi connectivity index (χ3v) is 3.92. The van der Waals surface area contributed by atoms with Crippen molar-refractivity contribution in [1.82, 2.24) is 9.55 Å². The number of aromatic nitrogens is 2. The third-order valence-electron chi connectivity index (χ3n) is 3.92. The van der Waals surface area contributed by atoms with Gasteiger partial charge in [0.1, 0.15) is 5.82 Å². The second kappa shape index (κ2) is 3.35. The average Bonchev–Trinajstić information content (AvgIpc) is 2.94. The Morgan fingerprint density at radius 3 is 2.50 bits per heavy atom. The van der Waals surface area contributed by atoms with E-state index in [4.69, 9.17) is 10.7 Å². The van der Waals surface area contributed by atoms with Crippen molar-refractivity contribution >= 4 is 11.0 Å². The van der Waals surface area contributed by atoms with E-state index in [9.17, 15) is 0 Å². The molecule has 0 aliphatic heterocycles. The maximum absolute atomic E-state index is 6.27. The fourth-order valence-corrected chi connectivity index (χ4v) is 2.59. The second-order valence-electron chi connectivity index (χ2n) is 6.60. The van der Waals surface area contributed by atoms with Crippen molar-refractivity contribution in [3.8, 4) is 0 Å². The molecule has 0 saturated heterocycles. The highest BCUT2D eigenvalue weighted by Crippen LogP contribution is 2.43. The van der Waals surface area contributed by atoms with Gasteiger partial charge < -0.3 is 10.3 Å². The van der Waals surface area contributed by atoms with Crippen LogP contribution in [0.5, 0.6) is 0 Å². The molecule has 96 valence electrons. The van der Waals surface area contributed by atoms with Crippen molar-refractivity contribution in [2.45, 2.75) is 44.6 Å². The quantitative estimate of drug-likeness (QED) is 0.837. The molecule has 0 amide bonds. The van der Waals surface area contributed by atoms with E-state index in [1.54, 1.807) is 0 Å². The molecule has 1 aliphatic rings. The zero-order valence-electron chi connectivity index (χ0n) is 11.6. The normalized spacial score (nSPS) is 18.3. The summed E-state index contributed by atoms with van der Waals surface area (Å²) in [5, 5.41) is 0. The molecule has 1 fully saturated rings. The highest BCUT2D eigenvalue weighted by Gasteiger charge is 2.40. The van der Waals surface area contributed by atoms with Crippen molar-refractivity contribution in [2.24, 2.45) is 12.8 Å². The van der Waals surface area contributed by atoms with Crippen LogP contribution < -0.4 is 5.73 Å². The molecule has 3 nitrogen and oxygen atoms in total. The Balaban J connectivity index is 2.20. The van der Waals surface area contributed by atoms with Crippen LogP contribution in [0.15, 0.2) is 18.2 Å². The van der Waals surface area contributed by atoms with Crippen LogP contribution in [0.1, 0.15) is 45.0 Å². The van der Waals surface area contributed by atoms with Crippen LogP contribution in [-0.2, 0) is 18.0 Å². The maximum atomic E-state index is 6.27. The van der Waals surface area contributed by atoms with E-state index >= 15 is 0 Å². The Bertz CT molecular complexity index is 612. The summed E-state index contributed by atoms with van der Waals surface area (Å²) >= 11 is 0. The van der Waals surface area contributed by atoms with E-state index in [0.717, 1.165) is 24.2 Å². The number of fused-ring (bicyclic) bond motifs is 1. The van der Waals surface area contributed by atoms with Gasteiger partial charge in [0.2, 0.25) is 0 Å². The molecule has 0 atom stereocenters. The molecule has 1 aliphatic carbocycles. The monoisotopic (exact) mass is 243 g/mol. The number of nitrogens with zero attached hydrogens (tertiary/aromatic N) is 2. The van der Waals surface area contributed by atoms with Crippen LogP contribution in [0, 0.1) is 0 Å². The van der Waals surface area contributed by atoms with E-state index < -0.39 is 0 Å². The highest BCUT2D eigenvalue weighted by molar-refractivity contribution is 5.77. The molecule has 1 heterocycles. The molecule has 3 heteroatoms. The lowest BCUT2D eigenvalue weighted by molar-refractivity contribution is 0.526. The lowest BCUT2D eigenvalue weighted by Crippen LogP contribution is -2.18. The third kappa shape index (κ3) is 1.65. The molecule has 18 heavy (non-hydrogen) atoms. The predicted octanol–water partition coefficient (Wildman–Crippen LogP) is 2.82. The molecule has 3 rings (SSSR count). The first-order valence-electron chi connectivity index (χ1n) is 6.58. The Morgan fingerprint density at radius 1 is 1.28 bits per heavy atom. The smallest absolute Gasteiger partial charge is 0.115 e. The minimum Gasteiger partial charge on any atom is -0.331 e. The Hall–Kier alpha value is -1.35. The van der Waals surface area contributed by atoms with Crippen LogP contribution in [0.4, 0.5) is 0 Å². The first kappa shape index (κ1) is 11.7. The number of hydrogen-bond acceptors (Lipinski definition) is 2. The standard InChI is InChI=1S/C15H21N3/c1-14(2,3)13-17-11-6-5-10(15(16)7-8-15)9-12(11)18(13)4/h5-6,9H,7-8,16H2,1-4H3. The van der Waals surface area contributed by atoms with Gasteiger partial charge in [0.05, 0.1) is 11.0 Å². The number of nitrogens with two attached hydrogens (primary N) is 1. The van der Waals surface area contributed by atoms with Gasteiger partial charge >= 0.3 is 0 Å². The number of aryl methyl sites for hydroxylation is 1. The van der Waals surface area contributed by atoms with Gasteiger partial charge in [-0.2, -0.15) is 0 Å². The zero-order valence-corrected chi connectivity index (χ0v) is 11.6. The van der Waals surface area contributed by atoms with Crippen molar-refractivity contribution in [3.05, 3.63) is 29.6 Å². The van der Waals surface area contributed by atoms with E-state index in [-0.39, 0.29) is 11.0 Å². The Labute approximate surface area is 108 Å². The summed E-state index contributed by atoms with van der Waals surface area (Å²) in [5.41, 5.74) is 9.77. The Morgan fingerprint density at radius 2 is 1.94 bits per heavy atom. The summed E-state index contributed by atoms with van der Waals surface area (Å²) < 4.78 is 2.20. The zero-order chi connectivity index (χ0) is 13.1. The van der Waals surface area contributed by atoms with E-state index in [1.807, 2.05) is 0 Å². The van der Waals surface area contributed by atoms with Gasteiger partial charge in [-0.3, -0.25) is 0 Å². The highest BCUT2D eigenvalue weighted by atomic mass is 15.1. The second-order valence-corrected chi connectivity index (χ2v) is 6.60. The topological polar surface area (TPSA) is 43.8 Å². The van der Waals surface area contributed by atoms with Gasteiger partial charge in [-0.25, -0.2) is 4.98 Å². The summed E-state index contributed by atoms with van der Waals surface area (Å²) in [4.78, 5) is 4.75. The van der Waals surface area contributed by atoms with Crippen LogP contribution >= 0.6 is 0 Å². The van der Waals surface area contributed by atoms with Gasteiger partial charge in [-0.1, -0.05) is 26.8 Å². The van der Waals surface area contributed by atoms with Gasteiger partial charge in [0.15, 0.2) is 0 Å². The molecule has 2 N–H and O–H groups in total. The van der Waals surface area contributed by atoms with Crippen LogP contribution in [0.25, 0.3) is 11.0 Å². The number of hydrogen-bond donors (Lipinski definition) is 1. The molecule has 0 spiro atoms. The minimum atomic E-state index is -0.0691. The molecule has 2 aromatic rings. The van der Waals surface area contributed by atoms with Crippen molar-refractivity contribution in [3.63, 3.8) is 0 Å². The maximum Gasteiger partial charge on any atom is 0.115 e. The number of benzene rings is 1. The molecule has 0 radical (unpaired) electrons. The minimum absolute atomic E-state index is 0.0634. The van der Waals surface area contributed by atoms with Gasteiger partial charge in [0, 0.05) is 18.0 Å². The van der Waals surface area contributed by atoms with Crippen LogP contribution in [0.3, 0.4) is 0 Å². The fourth-order valence-electron chi connectivity index (χ4n) is 2.59. The Kier molecular flexibility index (Phi) is 2.18. The van der Waals surface area contributed by atoms with Gasteiger partial charge in [-0.15, -0.1) is 0 Å². The predicted molar refractivity (Wildman–Crippen MR) is 74.5 cm³/mol. The molecule has 0 bridgehead atoms. The van der Waals surface area contributed by atoms with Crippen molar-refractivity contribution in [2.75, 3.05) is 0 Å². The fraction of sp³-hybridized carbons (Fsp3) is 0.533. The van der Waals surface area contributed by atoms with E-state index in [2.05, 4.69) is 50.6 Å². The van der Waals surface area contributed by atoms with E-state index in [0.29, 0.717) is 0 Å². The summed E-state index contributed by atoms with van der Waals surface area (Å²) in [6.07, 6.45) is 2.20. The summed E-state index contributed by atoms with van der Waals surface area (Å²) in [6.45, 7) is 6.58. The van der Waals surface area contributed by atoms with Crippen molar-refractivity contribution < 1.29 is 0 Å². The first-order valence-corrected chi connectivity index (χ1v) is 6.58. The first-order chi connectivity index (χ1) is 8.31. The summed E-state index contributed by atoms with van der Waals surface area (Å²) in [6, 6.07) is 6.45. The molecule has 1 aromatic heterocycles. The van der Waals surface area contributed by atoms with Crippen molar-refractivity contribution in [1.29, 1.82) is 0 Å². The number of rotatable bonds is 1. The lowest BCUT2D eigenvalue weighted by Gasteiger charge is -2.17. The van der Waals surface area contributed by atoms with Crippen LogP contribution in [0.2, 0.25) is 0 Å². The molecule has 1 aromatic carbocycles. The van der Waals surface area contributed by atoms with E-state index in [1.165, 1.54) is 11.1 Å². The average molecular weight is 243 g/mol. The number of imidazole rings is 1. The van der Waals surface area contributed by atoms with Gasteiger partial charge in [0.25, 0.3) is 0 Å². The summed E-state index contributed by atoms with van der Waals surface area (Å²) in [5.74, 6) is 1.12. The SMILES string of the molecule is Cn1c(C(C)(C)C)nc2ccc(C3(N)CC3)cc21. The largest absolute Gasteiger partial charge is 0.331 e. The molecule has 1 saturated carbocycles.